The van der Waals surface area contributed by atoms with Crippen molar-refractivity contribution < 1.29 is 14.7 Å². The molecule has 1 heterocycles. The zero-order chi connectivity index (χ0) is 9.84. The van der Waals surface area contributed by atoms with Crippen molar-refractivity contribution in [1.82, 2.24) is 9.78 Å². The van der Waals surface area contributed by atoms with E-state index in [2.05, 4.69) is 10.4 Å². The van der Waals surface area contributed by atoms with Crippen LogP contribution >= 0.6 is 0 Å². The van der Waals surface area contributed by atoms with Crippen LogP contribution in [-0.4, -0.2) is 26.9 Å². The molecule has 1 aromatic heterocycles. The van der Waals surface area contributed by atoms with E-state index in [1.807, 2.05) is 0 Å². The number of carbonyl (C=O) groups excluding carboxylic acids is 1. The quantitative estimate of drug-likeness (QED) is 0.585. The third-order valence-corrected chi connectivity index (χ3v) is 1.20. The first-order valence-electron chi connectivity index (χ1n) is 3.38. The maximum atomic E-state index is 10.4. The minimum absolute atomic E-state index is 0.250. The molecule has 0 atom stereocenters. The van der Waals surface area contributed by atoms with E-state index in [1.54, 1.807) is 0 Å². The van der Waals surface area contributed by atoms with Gasteiger partial charge in [-0.2, -0.15) is 5.10 Å². The van der Waals surface area contributed by atoms with E-state index >= 15 is 0 Å². The topological polar surface area (TPSA) is 110 Å². The third kappa shape index (κ3) is 2.81. The monoisotopic (exact) mass is 184 g/mol. The van der Waals surface area contributed by atoms with Crippen LogP contribution in [0.5, 0.6) is 0 Å². The number of rotatable bonds is 3. The van der Waals surface area contributed by atoms with Gasteiger partial charge in [-0.3, -0.25) is 9.48 Å². The predicted octanol–water partition coefficient (Wildman–Crippen LogP) is -0.542. The second kappa shape index (κ2) is 3.57. The molecular weight excluding hydrogens is 176 g/mol. The van der Waals surface area contributed by atoms with E-state index < -0.39 is 12.0 Å². The lowest BCUT2D eigenvalue weighted by molar-refractivity contribution is -0.137. The number of carboxylic acids is 1. The van der Waals surface area contributed by atoms with Gasteiger partial charge in [0.1, 0.15) is 6.54 Å². The van der Waals surface area contributed by atoms with Crippen molar-refractivity contribution in [3.63, 3.8) is 0 Å². The number of aliphatic carboxylic acids is 1. The Hall–Kier alpha value is -2.05. The van der Waals surface area contributed by atoms with Gasteiger partial charge >= 0.3 is 12.0 Å². The number of hydrogen-bond donors (Lipinski definition) is 3. The maximum Gasteiger partial charge on any atom is 0.325 e. The Bertz CT molecular complexity index is 302. The number of carbonyl (C=O) groups is 2. The zero-order valence-corrected chi connectivity index (χ0v) is 6.60. The molecule has 0 spiro atoms. The van der Waals surface area contributed by atoms with Crippen molar-refractivity contribution in [3.05, 3.63) is 12.4 Å². The lowest BCUT2D eigenvalue weighted by atomic mass is 10.5. The second-order valence-corrected chi connectivity index (χ2v) is 2.31. The molecule has 0 saturated carbocycles. The van der Waals surface area contributed by atoms with Crippen LogP contribution in [0, 0.1) is 0 Å². The molecule has 0 aliphatic rings. The highest BCUT2D eigenvalue weighted by Gasteiger charge is 2.02. The Kier molecular flexibility index (Phi) is 2.48. The van der Waals surface area contributed by atoms with E-state index in [1.165, 1.54) is 17.1 Å². The fourth-order valence-electron chi connectivity index (χ4n) is 0.795. The smallest absolute Gasteiger partial charge is 0.325 e. The van der Waals surface area contributed by atoms with Crippen molar-refractivity contribution in [3.8, 4) is 0 Å². The van der Waals surface area contributed by atoms with Crippen LogP contribution in [0.4, 0.5) is 10.5 Å². The third-order valence-electron chi connectivity index (χ3n) is 1.20. The van der Waals surface area contributed by atoms with Gasteiger partial charge in [-0.15, -0.1) is 0 Å². The molecular formula is C6H8N4O3. The van der Waals surface area contributed by atoms with Crippen LogP contribution in [0.25, 0.3) is 0 Å². The van der Waals surface area contributed by atoms with E-state index in [4.69, 9.17) is 10.8 Å². The average molecular weight is 184 g/mol. The Morgan fingerprint density at radius 3 is 2.92 bits per heavy atom. The highest BCUT2D eigenvalue weighted by Crippen LogP contribution is 2.03. The zero-order valence-electron chi connectivity index (χ0n) is 6.60. The number of nitrogens with zero attached hydrogens (tertiary/aromatic N) is 2. The van der Waals surface area contributed by atoms with Gasteiger partial charge in [0.25, 0.3) is 0 Å². The molecule has 0 radical (unpaired) electrons. The van der Waals surface area contributed by atoms with Crippen LogP contribution in [0.2, 0.25) is 0 Å². The summed E-state index contributed by atoms with van der Waals surface area (Å²) in [7, 11) is 0. The first-order valence-corrected chi connectivity index (χ1v) is 3.38. The van der Waals surface area contributed by atoms with E-state index in [0.29, 0.717) is 5.69 Å². The molecule has 7 heteroatoms. The van der Waals surface area contributed by atoms with Crippen molar-refractivity contribution in [2.75, 3.05) is 5.32 Å². The van der Waals surface area contributed by atoms with Crippen molar-refractivity contribution in [2.45, 2.75) is 6.54 Å². The minimum atomic E-state index is -1.01. The molecule has 1 rings (SSSR count). The highest BCUT2D eigenvalue weighted by molar-refractivity contribution is 5.87. The van der Waals surface area contributed by atoms with Crippen molar-refractivity contribution in [2.24, 2.45) is 5.73 Å². The molecule has 0 fully saturated rings. The van der Waals surface area contributed by atoms with Gasteiger partial charge in [-0.05, 0) is 0 Å². The molecule has 0 aliphatic carbocycles. The first-order chi connectivity index (χ1) is 6.08. The molecule has 4 N–H and O–H groups in total. The Balaban J connectivity index is 2.63. The molecule has 0 saturated heterocycles. The summed E-state index contributed by atoms with van der Waals surface area (Å²) in [4.78, 5) is 20.6. The van der Waals surface area contributed by atoms with Gasteiger partial charge in [0.05, 0.1) is 11.9 Å². The number of carboxylic acid groups (broad SMARTS) is 1. The minimum Gasteiger partial charge on any atom is -0.480 e. The normalized spacial score (nSPS) is 9.54. The van der Waals surface area contributed by atoms with Gasteiger partial charge in [-0.25, -0.2) is 4.79 Å². The van der Waals surface area contributed by atoms with Gasteiger partial charge in [0.15, 0.2) is 0 Å². The highest BCUT2D eigenvalue weighted by atomic mass is 16.4. The predicted molar refractivity (Wildman–Crippen MR) is 43.1 cm³/mol. The largest absolute Gasteiger partial charge is 0.480 e. The van der Waals surface area contributed by atoms with Crippen LogP contribution in [0.1, 0.15) is 0 Å². The summed E-state index contributed by atoms with van der Waals surface area (Å²) in [5.41, 5.74) is 5.20. The van der Waals surface area contributed by atoms with Crippen molar-refractivity contribution >= 4 is 17.7 Å². The van der Waals surface area contributed by atoms with Gasteiger partial charge in [-0.1, -0.05) is 0 Å². The summed E-state index contributed by atoms with van der Waals surface area (Å²) in [6.45, 7) is -0.250. The summed E-state index contributed by atoms with van der Waals surface area (Å²) in [5, 5.41) is 14.3. The number of nitrogens with two attached hydrogens (primary N) is 1. The van der Waals surface area contributed by atoms with Crippen LogP contribution in [0.15, 0.2) is 12.4 Å². The number of primary amides is 1. The second-order valence-electron chi connectivity index (χ2n) is 2.31. The Labute approximate surface area is 73.1 Å². The molecule has 70 valence electrons. The number of amides is 2. The van der Waals surface area contributed by atoms with Crippen molar-refractivity contribution in [1.29, 1.82) is 0 Å². The fraction of sp³-hybridized carbons (Fsp3) is 0.167. The molecule has 0 aromatic carbocycles. The molecule has 0 bridgehead atoms. The molecule has 1 aromatic rings. The number of urea groups is 1. The maximum absolute atomic E-state index is 10.4. The molecule has 13 heavy (non-hydrogen) atoms. The number of nitrogens with one attached hydrogen (secondary N) is 1. The molecule has 7 nitrogen and oxygen atoms in total. The van der Waals surface area contributed by atoms with Crippen LogP contribution in [-0.2, 0) is 11.3 Å². The summed E-state index contributed by atoms with van der Waals surface area (Å²) in [6, 6.07) is -0.713. The Morgan fingerprint density at radius 2 is 2.38 bits per heavy atom. The lowest BCUT2D eigenvalue weighted by Gasteiger charge is -1.94. The van der Waals surface area contributed by atoms with E-state index in [0.717, 1.165) is 0 Å². The molecule has 0 aliphatic heterocycles. The van der Waals surface area contributed by atoms with Crippen LogP contribution < -0.4 is 11.1 Å². The van der Waals surface area contributed by atoms with Gasteiger partial charge < -0.3 is 16.2 Å². The molecule has 0 unspecified atom stereocenters. The Morgan fingerprint density at radius 1 is 1.69 bits per heavy atom. The molecule has 2 amide bonds. The number of aromatic nitrogens is 2. The SMILES string of the molecule is NC(=O)Nc1cnn(CC(=O)O)c1. The van der Waals surface area contributed by atoms with Gasteiger partial charge in [0, 0.05) is 6.20 Å². The summed E-state index contributed by atoms with van der Waals surface area (Å²) >= 11 is 0. The summed E-state index contributed by atoms with van der Waals surface area (Å²) in [5.74, 6) is -1.01. The van der Waals surface area contributed by atoms with E-state index in [-0.39, 0.29) is 6.54 Å². The fourth-order valence-corrected chi connectivity index (χ4v) is 0.795. The van der Waals surface area contributed by atoms with Crippen LogP contribution in [0.3, 0.4) is 0 Å². The van der Waals surface area contributed by atoms with E-state index in [9.17, 15) is 9.59 Å². The first kappa shape index (κ1) is 9.04. The summed E-state index contributed by atoms with van der Waals surface area (Å²) in [6.07, 6.45) is 2.69. The standard InChI is InChI=1S/C6H8N4O3/c7-6(13)9-4-1-8-10(2-4)3-5(11)12/h1-2H,3H2,(H,11,12)(H3,7,9,13). The summed E-state index contributed by atoms with van der Waals surface area (Å²) < 4.78 is 1.17. The number of hydrogen-bond acceptors (Lipinski definition) is 3. The lowest BCUT2D eigenvalue weighted by Crippen LogP contribution is -2.18. The number of anilines is 1. The van der Waals surface area contributed by atoms with Gasteiger partial charge in [0.2, 0.25) is 0 Å². The average Bonchev–Trinajstić information content (AvgIpc) is 2.33.